The maximum atomic E-state index is 12.2. The molecule has 0 aliphatic rings. The molecule has 0 fully saturated rings. The van der Waals surface area contributed by atoms with Gasteiger partial charge in [0.1, 0.15) is 5.75 Å². The number of hydrogen-bond donors (Lipinski definition) is 1. The van der Waals surface area contributed by atoms with Crippen LogP contribution in [0.25, 0.3) is 0 Å². The number of allylic oxidation sites excluding steroid dienone is 2. The summed E-state index contributed by atoms with van der Waals surface area (Å²) < 4.78 is 40.4. The van der Waals surface area contributed by atoms with E-state index >= 15 is 0 Å². The summed E-state index contributed by atoms with van der Waals surface area (Å²) in [5, 5.41) is 2.39. The van der Waals surface area contributed by atoms with Crippen LogP contribution in [0.4, 0.5) is 18.9 Å². The van der Waals surface area contributed by atoms with Gasteiger partial charge in [-0.15, -0.1) is 13.2 Å². The van der Waals surface area contributed by atoms with E-state index in [9.17, 15) is 22.8 Å². The van der Waals surface area contributed by atoms with Crippen LogP contribution < -0.4 is 10.1 Å². The van der Waals surface area contributed by atoms with E-state index in [0.717, 1.165) is 12.1 Å². The number of nitrogens with one attached hydrogen (secondary N) is 1. The van der Waals surface area contributed by atoms with E-state index < -0.39 is 23.8 Å². The summed E-state index contributed by atoms with van der Waals surface area (Å²) in [5.41, 5.74) is 0.726. The third kappa shape index (κ3) is 5.68. The molecule has 0 radical (unpaired) electrons. The van der Waals surface area contributed by atoms with Crippen molar-refractivity contribution in [1.82, 2.24) is 0 Å². The Hall–Kier alpha value is -2.31. The third-order valence-electron chi connectivity index (χ3n) is 2.22. The standard InChI is InChI=1S/C14H14F3NO3/c1-8(2)6-13(20)11-7-10(21-14(15,16)17)4-5-12(11)18-9(3)19/h4-7H,1-3H3,(H,18,19). The highest BCUT2D eigenvalue weighted by Crippen LogP contribution is 2.28. The Morgan fingerprint density at radius 1 is 1.19 bits per heavy atom. The number of ether oxygens (including phenoxy) is 1. The lowest BCUT2D eigenvalue weighted by Gasteiger charge is -2.12. The second-order valence-corrected chi connectivity index (χ2v) is 4.52. The smallest absolute Gasteiger partial charge is 0.406 e. The van der Waals surface area contributed by atoms with Crippen LogP contribution in [0.2, 0.25) is 0 Å². The number of carbonyl (C=O) groups is 2. The van der Waals surface area contributed by atoms with E-state index in [-0.39, 0.29) is 11.3 Å². The van der Waals surface area contributed by atoms with Crippen molar-refractivity contribution in [3.63, 3.8) is 0 Å². The number of carbonyl (C=O) groups excluding carboxylic acids is 2. The third-order valence-corrected chi connectivity index (χ3v) is 2.22. The van der Waals surface area contributed by atoms with Crippen LogP contribution in [0.15, 0.2) is 29.8 Å². The average molecular weight is 301 g/mol. The van der Waals surface area contributed by atoms with E-state index in [1.54, 1.807) is 13.8 Å². The highest BCUT2D eigenvalue weighted by atomic mass is 19.4. The van der Waals surface area contributed by atoms with Crippen LogP contribution in [-0.2, 0) is 4.79 Å². The fourth-order valence-electron chi connectivity index (χ4n) is 1.56. The Bertz CT molecular complexity index is 588. The maximum Gasteiger partial charge on any atom is 0.573 e. The van der Waals surface area contributed by atoms with Gasteiger partial charge >= 0.3 is 6.36 Å². The van der Waals surface area contributed by atoms with Crippen LogP contribution in [0.1, 0.15) is 31.1 Å². The van der Waals surface area contributed by atoms with Gasteiger partial charge in [0.25, 0.3) is 0 Å². The highest BCUT2D eigenvalue weighted by molar-refractivity contribution is 6.10. The summed E-state index contributed by atoms with van der Waals surface area (Å²) in [6.07, 6.45) is -3.59. The van der Waals surface area contributed by atoms with Crippen LogP contribution in [0, 0.1) is 0 Å². The van der Waals surface area contributed by atoms with Crippen molar-refractivity contribution in [2.75, 3.05) is 5.32 Å². The largest absolute Gasteiger partial charge is 0.573 e. The average Bonchev–Trinajstić information content (AvgIpc) is 2.27. The van der Waals surface area contributed by atoms with Crippen molar-refractivity contribution in [2.24, 2.45) is 0 Å². The molecule has 1 amide bonds. The minimum atomic E-state index is -4.85. The molecule has 21 heavy (non-hydrogen) atoms. The number of halogens is 3. The number of alkyl halides is 3. The van der Waals surface area contributed by atoms with Gasteiger partial charge in [-0.05, 0) is 38.1 Å². The molecule has 0 aromatic heterocycles. The summed E-state index contributed by atoms with van der Waals surface area (Å²) in [7, 11) is 0. The zero-order chi connectivity index (χ0) is 16.2. The number of amides is 1. The minimum absolute atomic E-state index is 0.0758. The first kappa shape index (κ1) is 16.7. The molecular formula is C14H14F3NO3. The lowest BCUT2D eigenvalue weighted by atomic mass is 10.1. The molecule has 0 unspecified atom stereocenters. The molecule has 0 aliphatic heterocycles. The van der Waals surface area contributed by atoms with Crippen molar-refractivity contribution in [2.45, 2.75) is 27.1 Å². The molecule has 0 saturated carbocycles. The Kier molecular flexibility index (Phi) is 5.12. The minimum Gasteiger partial charge on any atom is -0.406 e. The van der Waals surface area contributed by atoms with Gasteiger partial charge in [0, 0.05) is 12.5 Å². The lowest BCUT2D eigenvalue weighted by molar-refractivity contribution is -0.274. The summed E-state index contributed by atoms with van der Waals surface area (Å²) in [6.45, 7) is 4.58. The quantitative estimate of drug-likeness (QED) is 0.681. The number of hydrogen-bond acceptors (Lipinski definition) is 3. The van der Waals surface area contributed by atoms with Crippen LogP contribution >= 0.6 is 0 Å². The molecule has 0 atom stereocenters. The first-order valence-electron chi connectivity index (χ1n) is 5.95. The molecule has 1 rings (SSSR count). The molecule has 0 bridgehead atoms. The molecule has 0 heterocycles. The predicted molar refractivity (Wildman–Crippen MR) is 71.2 cm³/mol. The van der Waals surface area contributed by atoms with Crippen LogP contribution in [0.3, 0.4) is 0 Å². The number of ketones is 1. The highest BCUT2D eigenvalue weighted by Gasteiger charge is 2.31. The second kappa shape index (κ2) is 6.43. The molecule has 0 aliphatic carbocycles. The molecule has 1 aromatic rings. The van der Waals surface area contributed by atoms with Crippen LogP contribution in [-0.4, -0.2) is 18.1 Å². The summed E-state index contributed by atoms with van der Waals surface area (Å²) in [6, 6.07) is 3.16. The number of rotatable bonds is 4. The topological polar surface area (TPSA) is 55.4 Å². The molecule has 4 nitrogen and oxygen atoms in total. The Balaban J connectivity index is 3.25. The van der Waals surface area contributed by atoms with Crippen molar-refractivity contribution < 1.29 is 27.5 Å². The van der Waals surface area contributed by atoms with Gasteiger partial charge in [0.15, 0.2) is 5.78 Å². The van der Waals surface area contributed by atoms with E-state index in [1.165, 1.54) is 19.1 Å². The van der Waals surface area contributed by atoms with Crippen molar-refractivity contribution in [3.05, 3.63) is 35.4 Å². The molecule has 1 N–H and O–H groups in total. The van der Waals surface area contributed by atoms with E-state index in [2.05, 4.69) is 10.1 Å². The number of benzene rings is 1. The molecule has 114 valence electrons. The molecule has 7 heteroatoms. The zero-order valence-electron chi connectivity index (χ0n) is 11.7. The Morgan fingerprint density at radius 3 is 2.29 bits per heavy atom. The molecule has 0 saturated heterocycles. The normalized spacial score (nSPS) is 10.8. The SMILES string of the molecule is CC(=O)Nc1ccc(OC(F)(F)F)cc1C(=O)C=C(C)C. The van der Waals surface area contributed by atoms with Gasteiger partial charge in [-0.3, -0.25) is 9.59 Å². The summed E-state index contributed by atoms with van der Waals surface area (Å²) >= 11 is 0. The maximum absolute atomic E-state index is 12.2. The van der Waals surface area contributed by atoms with E-state index in [0.29, 0.717) is 5.57 Å². The van der Waals surface area contributed by atoms with Crippen molar-refractivity contribution in [1.29, 1.82) is 0 Å². The van der Waals surface area contributed by atoms with Crippen LogP contribution in [0.5, 0.6) is 5.75 Å². The second-order valence-electron chi connectivity index (χ2n) is 4.52. The van der Waals surface area contributed by atoms with Gasteiger partial charge in [-0.25, -0.2) is 0 Å². The fourth-order valence-corrected chi connectivity index (χ4v) is 1.56. The summed E-state index contributed by atoms with van der Waals surface area (Å²) in [5.74, 6) is -1.49. The van der Waals surface area contributed by atoms with Crippen molar-refractivity contribution >= 4 is 17.4 Å². The predicted octanol–water partition coefficient (Wildman–Crippen LogP) is 3.69. The monoisotopic (exact) mass is 301 g/mol. The Labute approximate surface area is 119 Å². The summed E-state index contributed by atoms with van der Waals surface area (Å²) in [4.78, 5) is 23.1. The number of anilines is 1. The van der Waals surface area contributed by atoms with Crippen molar-refractivity contribution in [3.8, 4) is 5.75 Å². The molecule has 0 spiro atoms. The Morgan fingerprint density at radius 2 is 1.81 bits per heavy atom. The first-order chi connectivity index (χ1) is 9.58. The van der Waals surface area contributed by atoms with E-state index in [4.69, 9.17) is 0 Å². The zero-order valence-corrected chi connectivity index (χ0v) is 11.7. The van der Waals surface area contributed by atoms with Gasteiger partial charge in [-0.2, -0.15) is 0 Å². The van der Waals surface area contributed by atoms with Gasteiger partial charge < -0.3 is 10.1 Å². The van der Waals surface area contributed by atoms with E-state index in [1.807, 2.05) is 0 Å². The van der Waals surface area contributed by atoms with Gasteiger partial charge in [0.05, 0.1) is 5.69 Å². The fraction of sp³-hybridized carbons (Fsp3) is 0.286. The molecule has 1 aromatic carbocycles. The first-order valence-corrected chi connectivity index (χ1v) is 5.95. The lowest BCUT2D eigenvalue weighted by Crippen LogP contribution is -2.18. The van der Waals surface area contributed by atoms with Gasteiger partial charge in [0.2, 0.25) is 5.91 Å². The molecular weight excluding hydrogens is 287 g/mol. The van der Waals surface area contributed by atoms with Gasteiger partial charge in [-0.1, -0.05) is 5.57 Å².